The molecule has 11 heteroatoms. The van der Waals surface area contributed by atoms with Crippen LogP contribution in [0.25, 0.3) is 0 Å². The van der Waals surface area contributed by atoms with Crippen molar-refractivity contribution in [3.05, 3.63) is 28.3 Å². The van der Waals surface area contributed by atoms with Crippen LogP contribution in [0.15, 0.2) is 18.2 Å². The average molecular weight is 281 g/mol. The molecule has 0 bridgehead atoms. The van der Waals surface area contributed by atoms with Crippen LogP contribution in [0.3, 0.4) is 0 Å². The van der Waals surface area contributed by atoms with Gasteiger partial charge in [0.2, 0.25) is 5.75 Å². The Balaban J connectivity index is 0.000000494. The topological polar surface area (TPSA) is 168 Å². The van der Waals surface area contributed by atoms with Crippen molar-refractivity contribution in [3.8, 4) is 5.75 Å². The maximum Gasteiger partial charge on any atom is 0.466 e. The second-order valence-corrected chi connectivity index (χ2v) is 3.80. The molecule has 1 rings (SSSR count). The molecule has 0 saturated heterocycles. The smallest absolute Gasteiger partial charge is 0.466 e. The number of hydrazine groups is 1. The first-order valence-electron chi connectivity index (χ1n) is 4.27. The third kappa shape index (κ3) is 6.13. The maximum atomic E-state index is 10.5. The number of nitrogen functional groups attached to an aromatic ring is 1. The molecule has 0 heterocycles. The second kappa shape index (κ2) is 6.89. The summed E-state index contributed by atoms with van der Waals surface area (Å²) < 4.78 is 13.7. The zero-order valence-corrected chi connectivity index (χ0v) is 10.1. The highest BCUT2D eigenvalue weighted by atomic mass is 31.2. The van der Waals surface area contributed by atoms with Gasteiger partial charge in [0.25, 0.3) is 0 Å². The van der Waals surface area contributed by atoms with Crippen molar-refractivity contribution >= 4 is 19.2 Å². The average Bonchev–Trinajstić information content (AvgIpc) is 2.25. The Morgan fingerprint density at radius 1 is 1.44 bits per heavy atom. The molecule has 18 heavy (non-hydrogen) atoms. The summed E-state index contributed by atoms with van der Waals surface area (Å²) in [5.41, 5.74) is 2.59. The molecule has 1 aromatic carbocycles. The van der Waals surface area contributed by atoms with Crippen molar-refractivity contribution in [2.45, 2.75) is 0 Å². The van der Waals surface area contributed by atoms with E-state index in [-0.39, 0.29) is 11.4 Å². The molecule has 1 aromatic rings. The first-order chi connectivity index (χ1) is 8.20. The number of para-hydroxylation sites is 1. The van der Waals surface area contributed by atoms with Gasteiger partial charge in [-0.05, 0) is 6.07 Å². The molecule has 6 N–H and O–H groups in total. The van der Waals surface area contributed by atoms with Gasteiger partial charge in [0.15, 0.2) is 0 Å². The van der Waals surface area contributed by atoms with Gasteiger partial charge in [-0.15, -0.1) is 0 Å². The van der Waals surface area contributed by atoms with Crippen LogP contribution < -0.4 is 16.0 Å². The van der Waals surface area contributed by atoms with E-state index in [0.29, 0.717) is 5.69 Å². The van der Waals surface area contributed by atoms with Gasteiger partial charge in [0.05, 0.1) is 17.7 Å². The summed E-state index contributed by atoms with van der Waals surface area (Å²) in [6, 6.07) is 4.46. The number of anilines is 1. The maximum absolute atomic E-state index is 10.5. The number of nitro benzene ring substituents is 1. The largest absolute Gasteiger partial charge is 0.489 e. The number of ether oxygens (including phenoxy) is 1. The number of nitro groups is 1. The predicted octanol–water partition coefficient (Wildman–Crippen LogP) is -0.0396. The van der Waals surface area contributed by atoms with Crippen LogP contribution in [-0.2, 0) is 4.57 Å². The number of methoxy groups -OCH3 is 1. The Bertz CT molecular complexity index is 452. The van der Waals surface area contributed by atoms with Crippen LogP contribution in [-0.4, -0.2) is 26.7 Å². The van der Waals surface area contributed by atoms with Crippen molar-refractivity contribution in [2.24, 2.45) is 5.84 Å². The fourth-order valence-corrected chi connectivity index (χ4v) is 0.997. The lowest BCUT2D eigenvalue weighted by atomic mass is 10.2. The van der Waals surface area contributed by atoms with Crippen molar-refractivity contribution < 1.29 is 28.9 Å². The number of phosphoric acid groups is 1. The van der Waals surface area contributed by atoms with Crippen LogP contribution in [0.4, 0.5) is 11.4 Å². The minimum atomic E-state index is -4.64. The van der Waals surface area contributed by atoms with Gasteiger partial charge < -0.3 is 24.8 Å². The molecular weight excluding hydrogens is 269 g/mol. The summed E-state index contributed by atoms with van der Waals surface area (Å²) in [5.74, 6) is 5.28. The van der Waals surface area contributed by atoms with E-state index in [0.717, 1.165) is 0 Å². The number of nitrogens with one attached hydrogen (secondary N) is 1. The SMILES string of the molecule is COc1c(NN)cccc1[N+](=O)[O-].O=P(O)(O)O. The second-order valence-electron chi connectivity index (χ2n) is 2.77. The van der Waals surface area contributed by atoms with Crippen molar-refractivity contribution in [1.29, 1.82) is 0 Å². The van der Waals surface area contributed by atoms with Crippen LogP contribution in [0.2, 0.25) is 0 Å². The molecule has 0 aliphatic carbocycles. The van der Waals surface area contributed by atoms with E-state index in [4.69, 9.17) is 29.8 Å². The van der Waals surface area contributed by atoms with E-state index in [2.05, 4.69) is 5.43 Å². The molecular formula is C7H12N3O7P. The molecule has 0 aromatic heterocycles. The molecule has 0 aliphatic heterocycles. The van der Waals surface area contributed by atoms with Crippen molar-refractivity contribution in [1.82, 2.24) is 0 Å². The standard InChI is InChI=1S/C7H9N3O3.H3O4P/c1-13-7-5(9-8)3-2-4-6(7)10(11)12;1-5(2,3)4/h2-4,9H,8H2,1H3;(H3,1,2,3,4). The van der Waals surface area contributed by atoms with Gasteiger partial charge in [-0.2, -0.15) is 0 Å². The van der Waals surface area contributed by atoms with E-state index in [1.54, 1.807) is 6.07 Å². The lowest BCUT2D eigenvalue weighted by Gasteiger charge is -2.06. The van der Waals surface area contributed by atoms with E-state index >= 15 is 0 Å². The fraction of sp³-hybridized carbons (Fsp3) is 0.143. The summed E-state index contributed by atoms with van der Waals surface area (Å²) in [4.78, 5) is 31.5. The Labute approximate surface area is 101 Å². The number of benzene rings is 1. The molecule has 102 valence electrons. The highest BCUT2D eigenvalue weighted by molar-refractivity contribution is 7.45. The molecule has 0 fully saturated rings. The van der Waals surface area contributed by atoms with Crippen LogP contribution >= 0.6 is 7.82 Å². The predicted molar refractivity (Wildman–Crippen MR) is 61.7 cm³/mol. The van der Waals surface area contributed by atoms with Gasteiger partial charge in [-0.25, -0.2) is 4.57 Å². The van der Waals surface area contributed by atoms with E-state index in [1.807, 2.05) is 0 Å². The molecule has 10 nitrogen and oxygen atoms in total. The first-order valence-corrected chi connectivity index (χ1v) is 5.83. The summed E-state index contributed by atoms with van der Waals surface area (Å²) in [6.45, 7) is 0. The fourth-order valence-electron chi connectivity index (χ4n) is 0.997. The number of hydrogen-bond acceptors (Lipinski definition) is 6. The van der Waals surface area contributed by atoms with Crippen LogP contribution in [0, 0.1) is 10.1 Å². The quantitative estimate of drug-likeness (QED) is 0.221. The lowest BCUT2D eigenvalue weighted by Crippen LogP contribution is -2.08. The molecule has 0 saturated carbocycles. The van der Waals surface area contributed by atoms with Crippen molar-refractivity contribution in [3.63, 3.8) is 0 Å². The van der Waals surface area contributed by atoms with Crippen LogP contribution in [0.5, 0.6) is 5.75 Å². The highest BCUT2D eigenvalue weighted by Crippen LogP contribution is 2.33. The summed E-state index contributed by atoms with van der Waals surface area (Å²) in [6.07, 6.45) is 0. The number of nitrogens with two attached hydrogens (primary N) is 1. The van der Waals surface area contributed by atoms with Gasteiger partial charge in [-0.1, -0.05) is 6.07 Å². The zero-order chi connectivity index (χ0) is 14.3. The third-order valence-corrected chi connectivity index (χ3v) is 1.55. The highest BCUT2D eigenvalue weighted by Gasteiger charge is 2.17. The first kappa shape index (κ1) is 16.3. The number of rotatable bonds is 3. The van der Waals surface area contributed by atoms with Crippen molar-refractivity contribution in [2.75, 3.05) is 12.5 Å². The monoisotopic (exact) mass is 281 g/mol. The normalized spacial score (nSPS) is 10.1. The molecule has 0 atom stereocenters. The molecule has 0 amide bonds. The molecule has 0 radical (unpaired) electrons. The third-order valence-electron chi connectivity index (χ3n) is 1.55. The van der Waals surface area contributed by atoms with E-state index < -0.39 is 12.7 Å². The van der Waals surface area contributed by atoms with E-state index in [9.17, 15) is 10.1 Å². The molecule has 0 spiro atoms. The lowest BCUT2D eigenvalue weighted by molar-refractivity contribution is -0.385. The van der Waals surface area contributed by atoms with E-state index in [1.165, 1.54) is 19.2 Å². The Morgan fingerprint density at radius 3 is 2.28 bits per heavy atom. The minimum absolute atomic E-state index is 0.113. The van der Waals surface area contributed by atoms with Gasteiger partial charge in [0.1, 0.15) is 0 Å². The van der Waals surface area contributed by atoms with Crippen LogP contribution in [0.1, 0.15) is 0 Å². The Morgan fingerprint density at radius 2 is 1.94 bits per heavy atom. The molecule has 0 aliphatic rings. The summed E-state index contributed by atoms with van der Waals surface area (Å²) >= 11 is 0. The zero-order valence-electron chi connectivity index (χ0n) is 9.18. The van der Waals surface area contributed by atoms with Gasteiger partial charge in [-0.3, -0.25) is 16.0 Å². The van der Waals surface area contributed by atoms with Gasteiger partial charge >= 0.3 is 13.5 Å². The number of hydrogen-bond donors (Lipinski definition) is 5. The minimum Gasteiger partial charge on any atom is -0.489 e. The summed E-state index contributed by atoms with van der Waals surface area (Å²) in [5, 5.41) is 10.5. The molecule has 0 unspecified atom stereocenters. The van der Waals surface area contributed by atoms with Gasteiger partial charge in [0, 0.05) is 6.07 Å². The Hall–Kier alpha value is -1.71. The summed E-state index contributed by atoms with van der Waals surface area (Å²) in [7, 11) is -3.29. The Kier molecular flexibility index (Phi) is 6.23. The number of nitrogens with zero attached hydrogens (tertiary/aromatic N) is 1.